The highest BCUT2D eigenvalue weighted by molar-refractivity contribution is 5.97. The summed E-state index contributed by atoms with van der Waals surface area (Å²) in [5, 5.41) is 18.1. The summed E-state index contributed by atoms with van der Waals surface area (Å²) in [5.41, 5.74) is 1.28. The van der Waals surface area contributed by atoms with Crippen LogP contribution in [0.15, 0.2) is 52.7 Å². The second-order valence-electron chi connectivity index (χ2n) is 4.94. The van der Waals surface area contributed by atoms with E-state index in [2.05, 4.69) is 15.2 Å². The Kier molecular flexibility index (Phi) is 2.97. The Morgan fingerprint density at radius 1 is 1.13 bits per heavy atom. The lowest BCUT2D eigenvalue weighted by Crippen LogP contribution is -1.94. The Morgan fingerprint density at radius 2 is 1.96 bits per heavy atom. The molecule has 0 spiro atoms. The van der Waals surface area contributed by atoms with Crippen molar-refractivity contribution in [1.82, 2.24) is 4.98 Å². The molecule has 0 saturated heterocycles. The largest absolute Gasteiger partial charge is 0.493 e. The normalized spacial score (nSPS) is 13.0. The summed E-state index contributed by atoms with van der Waals surface area (Å²) in [6, 6.07) is 12.0. The summed E-state index contributed by atoms with van der Waals surface area (Å²) in [6.45, 7) is 0.137. The lowest BCUT2D eigenvalue weighted by Gasteiger charge is -1.98. The van der Waals surface area contributed by atoms with Gasteiger partial charge in [0.1, 0.15) is 0 Å². The Morgan fingerprint density at radius 3 is 2.87 bits per heavy atom. The second kappa shape index (κ2) is 5.13. The second-order valence-corrected chi connectivity index (χ2v) is 4.94. The van der Waals surface area contributed by atoms with Gasteiger partial charge in [-0.3, -0.25) is 4.79 Å². The van der Waals surface area contributed by atoms with Crippen molar-refractivity contribution < 1.29 is 19.4 Å². The molecular formula is C16H11N3O4. The minimum atomic E-state index is -0.534. The van der Waals surface area contributed by atoms with E-state index in [1.165, 1.54) is 0 Å². The zero-order valence-corrected chi connectivity index (χ0v) is 11.8. The predicted octanol–water partition coefficient (Wildman–Crippen LogP) is 3.53. The highest BCUT2D eigenvalue weighted by Gasteiger charge is 2.16. The highest BCUT2D eigenvalue weighted by atomic mass is 16.7. The maximum Gasteiger partial charge on any atom is 0.295 e. The van der Waals surface area contributed by atoms with Crippen LogP contribution in [0.3, 0.4) is 0 Å². The fraction of sp³-hybridized carbons (Fsp3) is 0.0625. The minimum Gasteiger partial charge on any atom is -0.493 e. The first-order valence-corrected chi connectivity index (χ1v) is 6.88. The van der Waals surface area contributed by atoms with E-state index in [-0.39, 0.29) is 18.4 Å². The first kappa shape index (κ1) is 13.3. The average molecular weight is 309 g/mol. The number of aromatic hydroxyl groups is 1. The van der Waals surface area contributed by atoms with Crippen molar-refractivity contribution in [2.45, 2.75) is 0 Å². The molecule has 7 nitrogen and oxygen atoms in total. The first-order valence-electron chi connectivity index (χ1n) is 6.88. The maximum absolute atomic E-state index is 12.1. The number of rotatable bonds is 2. The summed E-state index contributed by atoms with van der Waals surface area (Å²) < 4.78 is 10.4. The number of amides is 1. The molecule has 0 unspecified atom stereocenters. The van der Waals surface area contributed by atoms with Crippen molar-refractivity contribution >= 4 is 22.5 Å². The van der Waals surface area contributed by atoms with Gasteiger partial charge in [-0.15, -0.1) is 10.2 Å². The van der Waals surface area contributed by atoms with E-state index < -0.39 is 5.91 Å². The number of H-pyrrole nitrogens is 1. The number of carbonyl (C=O) groups excluding carboxylic acids is 1. The van der Waals surface area contributed by atoms with Crippen molar-refractivity contribution in [3.8, 4) is 17.4 Å². The number of para-hydroxylation sites is 1. The molecule has 0 fully saturated rings. The molecule has 0 atom stereocenters. The van der Waals surface area contributed by atoms with Gasteiger partial charge in [0.2, 0.25) is 12.7 Å². The number of nitrogens with one attached hydrogen (secondary N) is 1. The van der Waals surface area contributed by atoms with Gasteiger partial charge in [0.15, 0.2) is 17.2 Å². The third kappa shape index (κ3) is 2.28. The number of aromatic nitrogens is 1. The van der Waals surface area contributed by atoms with Crippen LogP contribution in [0.4, 0.5) is 5.69 Å². The number of ether oxygens (including phenoxy) is 2. The molecule has 23 heavy (non-hydrogen) atoms. The van der Waals surface area contributed by atoms with Crippen molar-refractivity contribution in [3.05, 3.63) is 48.0 Å². The Bertz CT molecular complexity index is 946. The van der Waals surface area contributed by atoms with E-state index in [0.29, 0.717) is 22.4 Å². The Labute approximate surface area is 130 Å². The third-order valence-electron chi connectivity index (χ3n) is 3.52. The van der Waals surface area contributed by atoms with Crippen LogP contribution in [0.5, 0.6) is 17.4 Å². The number of hydrogen-bond acceptors (Lipinski definition) is 5. The van der Waals surface area contributed by atoms with Crippen LogP contribution in [0.25, 0.3) is 10.9 Å². The van der Waals surface area contributed by atoms with Crippen LogP contribution in [0.2, 0.25) is 0 Å². The standard InChI is InChI=1S/C16H11N3O4/c20-15(9-5-6-12-13(7-9)23-8-22-12)19-18-14-10-3-1-2-4-11(10)17-16(14)21/h1-7,17,21H,8H2. The van der Waals surface area contributed by atoms with E-state index in [4.69, 9.17) is 9.47 Å². The Hall–Kier alpha value is -3.35. The van der Waals surface area contributed by atoms with Crippen LogP contribution in [-0.4, -0.2) is 22.8 Å². The van der Waals surface area contributed by atoms with E-state index in [1.54, 1.807) is 30.3 Å². The topological polar surface area (TPSA) is 96.3 Å². The number of fused-ring (bicyclic) bond motifs is 2. The Balaban J connectivity index is 1.65. The van der Waals surface area contributed by atoms with Crippen LogP contribution in [-0.2, 0) is 0 Å². The third-order valence-corrected chi connectivity index (χ3v) is 3.52. The molecule has 1 aliphatic heterocycles. The molecule has 3 aromatic rings. The summed E-state index contributed by atoms with van der Waals surface area (Å²) in [7, 11) is 0. The van der Waals surface area contributed by atoms with Crippen LogP contribution in [0, 0.1) is 0 Å². The lowest BCUT2D eigenvalue weighted by atomic mass is 10.2. The molecule has 0 saturated carbocycles. The summed E-state index contributed by atoms with van der Waals surface area (Å²) in [4.78, 5) is 14.9. The van der Waals surface area contributed by atoms with Crippen molar-refractivity contribution in [1.29, 1.82) is 0 Å². The van der Waals surface area contributed by atoms with Crippen LogP contribution < -0.4 is 9.47 Å². The first-order chi connectivity index (χ1) is 11.2. The predicted molar refractivity (Wildman–Crippen MR) is 81.4 cm³/mol. The van der Waals surface area contributed by atoms with Crippen molar-refractivity contribution in [2.75, 3.05) is 6.79 Å². The van der Waals surface area contributed by atoms with Gasteiger partial charge in [-0.25, -0.2) is 0 Å². The van der Waals surface area contributed by atoms with Crippen LogP contribution in [0.1, 0.15) is 10.4 Å². The van der Waals surface area contributed by atoms with Gasteiger partial charge in [0.25, 0.3) is 5.91 Å². The smallest absolute Gasteiger partial charge is 0.295 e. The zero-order valence-electron chi connectivity index (χ0n) is 11.8. The SMILES string of the molecule is O=C(N=Nc1c(O)[nH]c2ccccc12)c1ccc2c(c1)OCO2. The summed E-state index contributed by atoms with van der Waals surface area (Å²) in [5.74, 6) is 0.426. The summed E-state index contributed by atoms with van der Waals surface area (Å²) >= 11 is 0. The molecule has 2 aromatic carbocycles. The van der Waals surface area contributed by atoms with E-state index in [9.17, 15) is 9.90 Å². The highest BCUT2D eigenvalue weighted by Crippen LogP contribution is 2.36. The van der Waals surface area contributed by atoms with Crippen molar-refractivity contribution in [2.24, 2.45) is 10.2 Å². The number of hydrogen-bond donors (Lipinski definition) is 2. The van der Waals surface area contributed by atoms with Crippen molar-refractivity contribution in [3.63, 3.8) is 0 Å². The fourth-order valence-electron chi connectivity index (χ4n) is 2.40. The molecule has 1 amide bonds. The molecule has 1 aliphatic rings. The van der Waals surface area contributed by atoms with E-state index >= 15 is 0 Å². The summed E-state index contributed by atoms with van der Waals surface area (Å²) in [6.07, 6.45) is 0. The number of carbonyl (C=O) groups is 1. The number of aromatic amines is 1. The van der Waals surface area contributed by atoms with Gasteiger partial charge in [-0.2, -0.15) is 0 Å². The molecule has 0 radical (unpaired) electrons. The number of azo groups is 1. The van der Waals surface area contributed by atoms with E-state index in [1.807, 2.05) is 12.1 Å². The fourth-order valence-corrected chi connectivity index (χ4v) is 2.40. The number of nitrogens with zero attached hydrogens (tertiary/aromatic N) is 2. The van der Waals surface area contributed by atoms with Gasteiger partial charge >= 0.3 is 0 Å². The number of benzene rings is 2. The molecule has 0 aliphatic carbocycles. The molecule has 7 heteroatoms. The maximum atomic E-state index is 12.1. The average Bonchev–Trinajstić information content (AvgIpc) is 3.15. The van der Waals surface area contributed by atoms with E-state index in [0.717, 1.165) is 5.52 Å². The molecule has 0 bridgehead atoms. The van der Waals surface area contributed by atoms with Gasteiger partial charge in [0, 0.05) is 10.9 Å². The molecule has 2 heterocycles. The molecule has 1 aromatic heterocycles. The minimum absolute atomic E-state index is 0.131. The molecule has 114 valence electrons. The molecule has 2 N–H and O–H groups in total. The quantitative estimate of drug-likeness (QED) is 0.708. The van der Waals surface area contributed by atoms with Crippen LogP contribution >= 0.6 is 0 Å². The lowest BCUT2D eigenvalue weighted by molar-refractivity contribution is 0.0994. The monoisotopic (exact) mass is 309 g/mol. The van der Waals surface area contributed by atoms with Gasteiger partial charge in [-0.1, -0.05) is 18.2 Å². The van der Waals surface area contributed by atoms with Gasteiger partial charge in [-0.05, 0) is 24.3 Å². The molecular weight excluding hydrogens is 298 g/mol. The van der Waals surface area contributed by atoms with Gasteiger partial charge < -0.3 is 19.6 Å². The van der Waals surface area contributed by atoms with Gasteiger partial charge in [0.05, 0.1) is 5.52 Å². The zero-order chi connectivity index (χ0) is 15.8. The molecule has 4 rings (SSSR count).